The third kappa shape index (κ3) is 6.73. The van der Waals surface area contributed by atoms with Crippen molar-refractivity contribution in [3.63, 3.8) is 0 Å². The molecule has 2 rings (SSSR count). The molecule has 0 saturated carbocycles. The fourth-order valence-electron chi connectivity index (χ4n) is 2.00. The van der Waals surface area contributed by atoms with Crippen LogP contribution >= 0.6 is 15.9 Å². The summed E-state index contributed by atoms with van der Waals surface area (Å²) in [4.78, 5) is 0. The van der Waals surface area contributed by atoms with Crippen LogP contribution in [0.25, 0.3) is 0 Å². The van der Waals surface area contributed by atoms with Gasteiger partial charge >= 0.3 is 0 Å². The first kappa shape index (κ1) is 17.8. The van der Waals surface area contributed by atoms with Crippen LogP contribution in [0, 0.1) is 0 Å². The van der Waals surface area contributed by atoms with Gasteiger partial charge in [-0.05, 0) is 11.1 Å². The van der Waals surface area contributed by atoms with Crippen LogP contribution in [-0.2, 0) is 36.9 Å². The van der Waals surface area contributed by atoms with E-state index in [-0.39, 0.29) is 0 Å². The number of benzene rings is 1. The molecule has 0 aromatic heterocycles. The van der Waals surface area contributed by atoms with E-state index < -0.39 is 0 Å². The van der Waals surface area contributed by atoms with Gasteiger partial charge in [-0.3, -0.25) is 0 Å². The first-order valence-electron chi connectivity index (χ1n) is 7.53. The van der Waals surface area contributed by atoms with Gasteiger partial charge in [0, 0.05) is 4.47 Å². The minimum absolute atomic E-state index is 0.553. The first-order valence-corrected chi connectivity index (χ1v) is 8.32. The molecule has 0 saturated heterocycles. The minimum atomic E-state index is 0.553. The zero-order valence-electron chi connectivity index (χ0n) is 12.7. The second kappa shape index (κ2) is 11.1. The van der Waals surface area contributed by atoms with E-state index in [4.69, 9.17) is 23.7 Å². The highest BCUT2D eigenvalue weighted by molar-refractivity contribution is 9.10. The highest BCUT2D eigenvalue weighted by Gasteiger charge is 2.06. The Labute approximate surface area is 140 Å². The summed E-state index contributed by atoms with van der Waals surface area (Å²) in [5.41, 5.74) is 2.23. The molecule has 1 aromatic carbocycles. The van der Waals surface area contributed by atoms with Crippen molar-refractivity contribution in [1.82, 2.24) is 0 Å². The molecule has 0 aliphatic carbocycles. The predicted octanol–water partition coefficient (Wildman–Crippen LogP) is 2.55. The lowest BCUT2D eigenvalue weighted by Crippen LogP contribution is -2.13. The quantitative estimate of drug-likeness (QED) is 0.698. The van der Waals surface area contributed by atoms with Crippen LogP contribution in [0.2, 0.25) is 0 Å². The molecule has 22 heavy (non-hydrogen) atoms. The molecule has 0 N–H and O–H groups in total. The number of hydrogen-bond acceptors (Lipinski definition) is 5. The molecule has 1 heterocycles. The van der Waals surface area contributed by atoms with Crippen LogP contribution in [0.15, 0.2) is 22.7 Å². The highest BCUT2D eigenvalue weighted by atomic mass is 79.9. The fraction of sp³-hybridized carbons (Fsp3) is 0.625. The zero-order chi connectivity index (χ0) is 15.5. The van der Waals surface area contributed by atoms with Crippen molar-refractivity contribution in [3.8, 4) is 0 Å². The summed E-state index contributed by atoms with van der Waals surface area (Å²) >= 11 is 3.63. The Bertz CT molecular complexity index is 393. The fourth-order valence-corrected chi connectivity index (χ4v) is 2.49. The minimum Gasteiger partial charge on any atom is -0.377 e. The average molecular weight is 375 g/mol. The molecule has 2 bridgehead atoms. The second-order valence-electron chi connectivity index (χ2n) is 4.83. The van der Waals surface area contributed by atoms with E-state index in [1.165, 1.54) is 0 Å². The Morgan fingerprint density at radius 1 is 0.591 bits per heavy atom. The standard InChI is InChI=1S/C16H23BrO5/c17-16-14-2-1-3-15(16)13-22-11-9-20-7-5-18-4-6-19-8-10-21-12-14/h1-3H,4-13H2. The van der Waals surface area contributed by atoms with Crippen LogP contribution < -0.4 is 0 Å². The normalized spacial score (nSPS) is 20.0. The molecule has 1 aromatic rings. The maximum Gasteiger partial charge on any atom is 0.0729 e. The largest absolute Gasteiger partial charge is 0.377 e. The van der Waals surface area contributed by atoms with Gasteiger partial charge in [0.1, 0.15) is 0 Å². The van der Waals surface area contributed by atoms with Gasteiger partial charge in [0.15, 0.2) is 0 Å². The maximum atomic E-state index is 5.64. The summed E-state index contributed by atoms with van der Waals surface area (Å²) in [6.07, 6.45) is 0. The monoisotopic (exact) mass is 374 g/mol. The van der Waals surface area contributed by atoms with E-state index in [0.717, 1.165) is 15.6 Å². The van der Waals surface area contributed by atoms with Gasteiger partial charge in [-0.2, -0.15) is 0 Å². The number of ether oxygens (including phenoxy) is 5. The molecule has 0 fully saturated rings. The predicted molar refractivity (Wildman–Crippen MR) is 85.9 cm³/mol. The smallest absolute Gasteiger partial charge is 0.0729 e. The van der Waals surface area contributed by atoms with Crippen LogP contribution in [0.5, 0.6) is 0 Å². The summed E-state index contributed by atoms with van der Waals surface area (Å²) in [5, 5.41) is 0. The summed E-state index contributed by atoms with van der Waals surface area (Å²) in [7, 11) is 0. The average Bonchev–Trinajstić information content (AvgIpc) is 2.53. The van der Waals surface area contributed by atoms with Crippen molar-refractivity contribution >= 4 is 15.9 Å². The highest BCUT2D eigenvalue weighted by Crippen LogP contribution is 2.23. The van der Waals surface area contributed by atoms with Gasteiger partial charge in [-0.1, -0.05) is 34.1 Å². The van der Waals surface area contributed by atoms with Crippen molar-refractivity contribution in [1.29, 1.82) is 0 Å². The van der Waals surface area contributed by atoms with Gasteiger partial charge in [0.2, 0.25) is 0 Å². The molecule has 124 valence electrons. The lowest BCUT2D eigenvalue weighted by molar-refractivity contribution is -0.0145. The van der Waals surface area contributed by atoms with Gasteiger partial charge in [-0.15, -0.1) is 0 Å². The maximum absolute atomic E-state index is 5.64. The molecule has 5 nitrogen and oxygen atoms in total. The molecule has 0 unspecified atom stereocenters. The van der Waals surface area contributed by atoms with Crippen molar-refractivity contribution < 1.29 is 23.7 Å². The zero-order valence-corrected chi connectivity index (χ0v) is 14.3. The van der Waals surface area contributed by atoms with E-state index in [9.17, 15) is 0 Å². The van der Waals surface area contributed by atoms with E-state index in [2.05, 4.69) is 15.9 Å². The Morgan fingerprint density at radius 3 is 1.36 bits per heavy atom. The van der Waals surface area contributed by atoms with E-state index in [1.807, 2.05) is 18.2 Å². The Balaban J connectivity index is 1.86. The third-order valence-electron chi connectivity index (χ3n) is 3.16. The van der Waals surface area contributed by atoms with Crippen molar-refractivity contribution in [2.24, 2.45) is 0 Å². The van der Waals surface area contributed by atoms with Crippen molar-refractivity contribution in [2.45, 2.75) is 13.2 Å². The summed E-state index contributed by atoms with van der Waals surface area (Å²) in [6, 6.07) is 6.11. The number of fused-ring (bicyclic) bond motifs is 2. The van der Waals surface area contributed by atoms with Crippen LogP contribution in [-0.4, -0.2) is 52.9 Å². The van der Waals surface area contributed by atoms with Gasteiger partial charge in [-0.25, -0.2) is 0 Å². The van der Waals surface area contributed by atoms with Crippen molar-refractivity contribution in [3.05, 3.63) is 33.8 Å². The van der Waals surface area contributed by atoms with Gasteiger partial charge < -0.3 is 23.7 Å². The third-order valence-corrected chi connectivity index (χ3v) is 4.18. The summed E-state index contributed by atoms with van der Waals surface area (Å²) in [5.74, 6) is 0. The molecular formula is C16H23BrO5. The Kier molecular flexibility index (Phi) is 9.01. The lowest BCUT2D eigenvalue weighted by Gasteiger charge is -2.12. The molecule has 0 amide bonds. The molecule has 1 aliphatic heterocycles. The summed E-state index contributed by atoms with van der Waals surface area (Å²) < 4.78 is 28.6. The van der Waals surface area contributed by atoms with Gasteiger partial charge in [0.25, 0.3) is 0 Å². The van der Waals surface area contributed by atoms with Crippen LogP contribution in [0.1, 0.15) is 11.1 Å². The molecule has 0 spiro atoms. The topological polar surface area (TPSA) is 46.2 Å². The van der Waals surface area contributed by atoms with Crippen molar-refractivity contribution in [2.75, 3.05) is 52.9 Å². The summed E-state index contributed by atoms with van der Waals surface area (Å²) in [6.45, 7) is 5.68. The second-order valence-corrected chi connectivity index (χ2v) is 5.63. The SMILES string of the molecule is Brc1c2cccc1COCCOCCOCCOCCOC2. The molecular weight excluding hydrogens is 352 g/mol. The van der Waals surface area contributed by atoms with Gasteiger partial charge in [0.05, 0.1) is 66.1 Å². The number of hydrogen-bond donors (Lipinski definition) is 0. The van der Waals surface area contributed by atoms with E-state index in [0.29, 0.717) is 66.1 Å². The Hall–Kier alpha value is -0.500. The molecule has 0 atom stereocenters. The van der Waals surface area contributed by atoms with E-state index >= 15 is 0 Å². The molecule has 1 aliphatic rings. The molecule has 6 heteroatoms. The Morgan fingerprint density at radius 2 is 0.955 bits per heavy atom. The lowest BCUT2D eigenvalue weighted by atomic mass is 10.1. The first-order chi connectivity index (χ1) is 10.9. The van der Waals surface area contributed by atoms with Crippen LogP contribution in [0.4, 0.5) is 0 Å². The van der Waals surface area contributed by atoms with Crippen LogP contribution in [0.3, 0.4) is 0 Å². The number of halogens is 1. The molecule has 0 radical (unpaired) electrons. The number of rotatable bonds is 0. The van der Waals surface area contributed by atoms with E-state index in [1.54, 1.807) is 0 Å².